The quantitative estimate of drug-likeness (QED) is 0.716. The second-order valence-corrected chi connectivity index (χ2v) is 3.25. The van der Waals surface area contributed by atoms with Crippen molar-refractivity contribution in [1.29, 1.82) is 0 Å². The summed E-state index contributed by atoms with van der Waals surface area (Å²) in [6, 6.07) is 0. The Morgan fingerprint density at radius 2 is 2.47 bits per heavy atom. The third-order valence-corrected chi connectivity index (χ3v) is 1.88. The minimum atomic E-state index is -0.916. The minimum Gasteiger partial charge on any atom is -0.478 e. The maximum absolute atomic E-state index is 10.2. The molecule has 5 heteroatoms. The van der Waals surface area contributed by atoms with Crippen LogP contribution in [0.25, 0.3) is 0 Å². The van der Waals surface area contributed by atoms with Gasteiger partial charge in [-0.25, -0.2) is 4.79 Å². The van der Waals surface area contributed by atoms with Gasteiger partial charge in [0, 0.05) is 18.8 Å². The molecule has 0 saturated carbocycles. The van der Waals surface area contributed by atoms with Crippen LogP contribution in [0.15, 0.2) is 18.3 Å². The van der Waals surface area contributed by atoms with Gasteiger partial charge in [-0.3, -0.25) is 4.68 Å². The highest BCUT2D eigenvalue weighted by molar-refractivity contribution is 5.79. The topological polar surface area (TPSA) is 68.0 Å². The van der Waals surface area contributed by atoms with Gasteiger partial charge in [0.25, 0.3) is 0 Å². The number of allylic oxidation sites excluding steroid dienone is 1. The molecule has 1 aromatic rings. The van der Waals surface area contributed by atoms with Crippen LogP contribution in [-0.4, -0.2) is 26.1 Å². The van der Waals surface area contributed by atoms with E-state index in [-0.39, 0.29) is 0 Å². The molecule has 5 nitrogen and oxygen atoms in total. The summed E-state index contributed by atoms with van der Waals surface area (Å²) in [6.45, 7) is 2.76. The Hall–Kier alpha value is -1.65. The predicted octanol–water partition coefficient (Wildman–Crippen LogP) is 1.26. The van der Waals surface area contributed by atoms with E-state index in [4.69, 9.17) is 5.11 Å². The molecule has 1 rings (SSSR count). The fraction of sp³-hybridized carbons (Fsp3) is 0.500. The van der Waals surface area contributed by atoms with Gasteiger partial charge in [-0.2, -0.15) is 0 Å². The van der Waals surface area contributed by atoms with Crippen molar-refractivity contribution in [2.45, 2.75) is 32.7 Å². The van der Waals surface area contributed by atoms with Crippen molar-refractivity contribution in [3.63, 3.8) is 0 Å². The van der Waals surface area contributed by atoms with Crippen molar-refractivity contribution in [2.75, 3.05) is 0 Å². The number of carboxylic acids is 1. The van der Waals surface area contributed by atoms with Crippen LogP contribution in [0.5, 0.6) is 0 Å². The fourth-order valence-corrected chi connectivity index (χ4v) is 1.21. The summed E-state index contributed by atoms with van der Waals surface area (Å²) in [6.07, 6.45) is 7.30. The monoisotopic (exact) mass is 209 g/mol. The van der Waals surface area contributed by atoms with Crippen LogP contribution in [0.2, 0.25) is 0 Å². The normalized spacial score (nSPS) is 11.0. The Balaban J connectivity index is 2.34. The number of carboxylic acid groups (broad SMARTS) is 1. The molecule has 0 aromatic carbocycles. The standard InChI is InChI=1S/C10H15N3O2/c1-2-5-9-8-13(12-11-9)7-4-3-6-10(14)15/h3,6,8H,2,4-5,7H2,1H3,(H,14,15). The van der Waals surface area contributed by atoms with Gasteiger partial charge in [-0.1, -0.05) is 24.6 Å². The van der Waals surface area contributed by atoms with Crippen molar-refractivity contribution < 1.29 is 9.90 Å². The number of aryl methyl sites for hydroxylation is 2. The molecule has 1 heterocycles. The van der Waals surface area contributed by atoms with E-state index in [1.54, 1.807) is 10.8 Å². The summed E-state index contributed by atoms with van der Waals surface area (Å²) < 4.78 is 1.73. The first-order valence-corrected chi connectivity index (χ1v) is 5.01. The van der Waals surface area contributed by atoms with E-state index in [2.05, 4.69) is 17.2 Å². The molecule has 0 aliphatic rings. The molecule has 1 aromatic heterocycles. The lowest BCUT2D eigenvalue weighted by molar-refractivity contribution is -0.131. The van der Waals surface area contributed by atoms with Crippen molar-refractivity contribution in [2.24, 2.45) is 0 Å². The summed E-state index contributed by atoms with van der Waals surface area (Å²) in [5.74, 6) is -0.916. The second-order valence-electron chi connectivity index (χ2n) is 3.25. The number of rotatable bonds is 6. The molecule has 0 aliphatic heterocycles. The summed E-state index contributed by atoms with van der Waals surface area (Å²) in [5.41, 5.74) is 0.986. The average Bonchev–Trinajstić information content (AvgIpc) is 2.61. The van der Waals surface area contributed by atoms with Gasteiger partial charge >= 0.3 is 5.97 Å². The molecule has 0 fully saturated rings. The van der Waals surface area contributed by atoms with E-state index >= 15 is 0 Å². The number of nitrogens with zero attached hydrogens (tertiary/aromatic N) is 3. The lowest BCUT2D eigenvalue weighted by Crippen LogP contribution is -1.97. The highest BCUT2D eigenvalue weighted by atomic mass is 16.4. The smallest absolute Gasteiger partial charge is 0.327 e. The Morgan fingerprint density at radius 1 is 1.67 bits per heavy atom. The lowest BCUT2D eigenvalue weighted by Gasteiger charge is -1.94. The third kappa shape index (κ3) is 4.39. The maximum Gasteiger partial charge on any atom is 0.327 e. The van der Waals surface area contributed by atoms with Crippen LogP contribution < -0.4 is 0 Å². The molecule has 1 N–H and O–H groups in total. The van der Waals surface area contributed by atoms with Crippen molar-refractivity contribution in [3.05, 3.63) is 24.0 Å². The molecular formula is C10H15N3O2. The van der Waals surface area contributed by atoms with Crippen molar-refractivity contribution in [3.8, 4) is 0 Å². The van der Waals surface area contributed by atoms with Crippen LogP contribution in [0, 0.1) is 0 Å². The Morgan fingerprint density at radius 3 is 3.13 bits per heavy atom. The first-order valence-electron chi connectivity index (χ1n) is 5.01. The zero-order valence-corrected chi connectivity index (χ0v) is 8.76. The Bertz CT molecular complexity index is 344. The first kappa shape index (κ1) is 11.4. The number of aliphatic carboxylic acids is 1. The summed E-state index contributed by atoms with van der Waals surface area (Å²) in [5, 5.41) is 16.3. The van der Waals surface area contributed by atoms with Crippen LogP contribution >= 0.6 is 0 Å². The number of carbonyl (C=O) groups is 1. The SMILES string of the molecule is CCCc1cn(CCC=CC(=O)O)nn1. The second kappa shape index (κ2) is 5.95. The van der Waals surface area contributed by atoms with E-state index in [0.29, 0.717) is 13.0 Å². The fourth-order valence-electron chi connectivity index (χ4n) is 1.21. The van der Waals surface area contributed by atoms with E-state index in [0.717, 1.165) is 24.6 Å². The summed E-state index contributed by atoms with van der Waals surface area (Å²) >= 11 is 0. The van der Waals surface area contributed by atoms with Gasteiger partial charge in [0.2, 0.25) is 0 Å². The molecule has 0 unspecified atom stereocenters. The number of aromatic nitrogens is 3. The maximum atomic E-state index is 10.2. The van der Waals surface area contributed by atoms with Crippen LogP contribution in [0.1, 0.15) is 25.5 Å². The van der Waals surface area contributed by atoms with E-state index in [9.17, 15) is 4.79 Å². The van der Waals surface area contributed by atoms with Crippen LogP contribution in [0.3, 0.4) is 0 Å². The van der Waals surface area contributed by atoms with Crippen LogP contribution in [-0.2, 0) is 17.8 Å². The number of hydrogen-bond acceptors (Lipinski definition) is 3. The Labute approximate surface area is 88.4 Å². The van der Waals surface area contributed by atoms with Gasteiger partial charge in [0.1, 0.15) is 0 Å². The molecule has 0 aliphatic carbocycles. The van der Waals surface area contributed by atoms with E-state index < -0.39 is 5.97 Å². The van der Waals surface area contributed by atoms with E-state index in [1.807, 2.05) is 6.20 Å². The lowest BCUT2D eigenvalue weighted by atomic mass is 10.3. The average molecular weight is 209 g/mol. The van der Waals surface area contributed by atoms with Gasteiger partial charge < -0.3 is 5.11 Å². The largest absolute Gasteiger partial charge is 0.478 e. The van der Waals surface area contributed by atoms with E-state index in [1.165, 1.54) is 0 Å². The zero-order chi connectivity index (χ0) is 11.1. The number of hydrogen-bond donors (Lipinski definition) is 1. The highest BCUT2D eigenvalue weighted by Crippen LogP contribution is 1.98. The van der Waals surface area contributed by atoms with Crippen LogP contribution in [0.4, 0.5) is 0 Å². The molecule has 0 saturated heterocycles. The minimum absolute atomic E-state index is 0.654. The molecule has 15 heavy (non-hydrogen) atoms. The van der Waals surface area contributed by atoms with Gasteiger partial charge in [0.15, 0.2) is 0 Å². The summed E-state index contributed by atoms with van der Waals surface area (Å²) in [7, 11) is 0. The van der Waals surface area contributed by atoms with Gasteiger partial charge in [-0.05, 0) is 12.8 Å². The van der Waals surface area contributed by atoms with Crippen molar-refractivity contribution >= 4 is 5.97 Å². The predicted molar refractivity (Wildman–Crippen MR) is 55.4 cm³/mol. The molecule has 0 atom stereocenters. The Kier molecular flexibility index (Phi) is 4.53. The molecule has 0 bridgehead atoms. The zero-order valence-electron chi connectivity index (χ0n) is 8.76. The third-order valence-electron chi connectivity index (χ3n) is 1.88. The molecule has 0 spiro atoms. The molecule has 0 amide bonds. The van der Waals surface area contributed by atoms with Gasteiger partial charge in [0.05, 0.1) is 5.69 Å². The molecule has 0 radical (unpaired) electrons. The molecular weight excluding hydrogens is 194 g/mol. The van der Waals surface area contributed by atoms with Crippen molar-refractivity contribution in [1.82, 2.24) is 15.0 Å². The summed E-state index contributed by atoms with van der Waals surface area (Å²) in [4.78, 5) is 10.2. The first-order chi connectivity index (χ1) is 7.22. The highest BCUT2D eigenvalue weighted by Gasteiger charge is 1.97. The molecule has 82 valence electrons. The van der Waals surface area contributed by atoms with Gasteiger partial charge in [-0.15, -0.1) is 5.10 Å².